The van der Waals surface area contributed by atoms with E-state index in [2.05, 4.69) is 14.8 Å². The van der Waals surface area contributed by atoms with Crippen LogP contribution in [0.4, 0.5) is 35.9 Å². The number of carbonyl (C=O) groups excluding carboxylic acids is 6. The van der Waals surface area contributed by atoms with E-state index in [4.69, 9.17) is 18.9 Å². The summed E-state index contributed by atoms with van der Waals surface area (Å²) in [6.45, 7) is 17.8. The molecule has 2 aromatic rings. The lowest BCUT2D eigenvalue weighted by Crippen LogP contribution is -2.47. The Labute approximate surface area is 370 Å². The Morgan fingerprint density at radius 2 is 1.03 bits per heavy atom. The van der Waals surface area contributed by atoms with Crippen LogP contribution in [-0.4, -0.2) is 92.5 Å². The number of benzene rings is 2. The largest absolute Gasteiger partial charge is 0.461 e. The number of hydrogen-bond acceptors (Lipinski definition) is 13. The molecule has 0 aliphatic heterocycles. The standard InChI is InChI=1S/C20H26F3NO5.C12H23NO7S.C9H7F3O.CH4/c1-10(2)28-18(26)15(24-19(27)29-20(4,5)6)9-12(11(3)25)16-13(21)7-8-14(22)17(16)23;1-8(2)19-10(14)9(7-18-21(6,16)17)13-11(15)20-12(3,4)5;1-5(13)4-6-7(10)2-3-8(11)9(6)12;/h7-8,10,12,15H,9H2,1-6H3,(H,24,27);8-9H,7H2,1-6H3,(H,13,15);2-3H,4H2,1H3;1H4. The number of ketones is 2. The first-order chi connectivity index (χ1) is 28.5. The monoisotopic (exact) mass is 946 g/mol. The number of carbonyl (C=O) groups is 6. The summed E-state index contributed by atoms with van der Waals surface area (Å²) in [7, 11) is -3.75. The summed E-state index contributed by atoms with van der Waals surface area (Å²) in [5, 5.41) is 4.49. The molecule has 0 aliphatic rings. The van der Waals surface area contributed by atoms with Gasteiger partial charge in [0.05, 0.1) is 31.0 Å². The predicted octanol–water partition coefficient (Wildman–Crippen LogP) is 7.69. The number of esters is 2. The van der Waals surface area contributed by atoms with E-state index < -0.39 is 153 Å². The molecule has 0 fully saturated rings. The minimum Gasteiger partial charge on any atom is -0.461 e. The SMILES string of the molecule is C.CC(=O)C(CC(NC(=O)OC(C)(C)C)C(=O)OC(C)C)c1c(F)ccc(F)c1F.CC(=O)Cc1c(F)ccc(F)c1F.CC(C)OC(=O)C(COS(C)(=O)=O)NC(=O)OC(C)(C)C. The van der Waals surface area contributed by atoms with E-state index in [9.17, 15) is 63.5 Å². The van der Waals surface area contributed by atoms with E-state index in [1.54, 1.807) is 69.2 Å². The van der Waals surface area contributed by atoms with Gasteiger partial charge in [-0.05, 0) is 114 Å². The zero-order valence-corrected chi connectivity index (χ0v) is 38.1. The van der Waals surface area contributed by atoms with Gasteiger partial charge in [0, 0.05) is 17.5 Å². The smallest absolute Gasteiger partial charge is 0.408 e. The van der Waals surface area contributed by atoms with Crippen LogP contribution in [0.25, 0.3) is 0 Å². The van der Waals surface area contributed by atoms with Crippen LogP contribution >= 0.6 is 0 Å². The maximum Gasteiger partial charge on any atom is 0.408 e. The third kappa shape index (κ3) is 24.6. The molecule has 0 saturated carbocycles. The molecule has 22 heteroatoms. The first kappa shape index (κ1) is 60.8. The second-order valence-electron chi connectivity index (χ2n) is 16.2. The highest BCUT2D eigenvalue weighted by Crippen LogP contribution is 2.30. The molecule has 3 atom stereocenters. The van der Waals surface area contributed by atoms with Crippen molar-refractivity contribution in [1.29, 1.82) is 0 Å². The Balaban J connectivity index is 0. The molecule has 2 amide bonds. The topological polar surface area (TPSA) is 207 Å². The van der Waals surface area contributed by atoms with Crippen molar-refractivity contribution in [1.82, 2.24) is 10.6 Å². The van der Waals surface area contributed by atoms with Crippen molar-refractivity contribution < 1.29 is 86.7 Å². The molecule has 364 valence electrons. The van der Waals surface area contributed by atoms with Crippen LogP contribution in [0, 0.1) is 34.9 Å². The number of Topliss-reactive ketones (excluding diaryl/α,β-unsaturated/α-hetero) is 2. The van der Waals surface area contributed by atoms with E-state index in [1.807, 2.05) is 0 Å². The highest BCUT2D eigenvalue weighted by molar-refractivity contribution is 7.86. The van der Waals surface area contributed by atoms with Crippen molar-refractivity contribution in [2.45, 2.75) is 145 Å². The summed E-state index contributed by atoms with van der Waals surface area (Å²) >= 11 is 0. The van der Waals surface area contributed by atoms with Gasteiger partial charge >= 0.3 is 24.1 Å². The van der Waals surface area contributed by atoms with Crippen molar-refractivity contribution in [2.24, 2.45) is 0 Å². The highest BCUT2D eigenvalue weighted by atomic mass is 32.2. The first-order valence-corrected chi connectivity index (χ1v) is 20.9. The molecule has 0 radical (unpaired) electrons. The van der Waals surface area contributed by atoms with Crippen LogP contribution in [0.5, 0.6) is 0 Å². The molecule has 0 heterocycles. The second kappa shape index (κ2) is 26.5. The van der Waals surface area contributed by atoms with E-state index in [1.165, 1.54) is 6.92 Å². The number of nitrogens with one attached hydrogen (secondary N) is 2. The van der Waals surface area contributed by atoms with Crippen LogP contribution in [0.2, 0.25) is 0 Å². The first-order valence-electron chi connectivity index (χ1n) is 19.0. The summed E-state index contributed by atoms with van der Waals surface area (Å²) in [5.74, 6) is -11.7. The van der Waals surface area contributed by atoms with Gasteiger partial charge < -0.3 is 29.6 Å². The van der Waals surface area contributed by atoms with Crippen LogP contribution in [-0.2, 0) is 58.8 Å². The van der Waals surface area contributed by atoms with Gasteiger partial charge in [0.1, 0.15) is 40.4 Å². The fourth-order valence-corrected chi connectivity index (χ4v) is 5.05. The molecule has 0 aliphatic carbocycles. The zero-order chi connectivity index (χ0) is 49.4. The second-order valence-corrected chi connectivity index (χ2v) is 17.9. The van der Waals surface area contributed by atoms with Crippen molar-refractivity contribution in [3.05, 3.63) is 70.3 Å². The quantitative estimate of drug-likeness (QED) is 0.0578. The van der Waals surface area contributed by atoms with Crippen molar-refractivity contribution >= 4 is 45.8 Å². The van der Waals surface area contributed by atoms with Gasteiger partial charge in [0.25, 0.3) is 10.1 Å². The molecule has 0 spiro atoms. The number of hydrogen-bond donors (Lipinski definition) is 2. The predicted molar refractivity (Wildman–Crippen MR) is 221 cm³/mol. The Hall–Kier alpha value is -5.25. The molecule has 2 aromatic carbocycles. The maximum absolute atomic E-state index is 14.2. The summed E-state index contributed by atoms with van der Waals surface area (Å²) in [4.78, 5) is 70.6. The van der Waals surface area contributed by atoms with E-state index in [0.717, 1.165) is 19.2 Å². The van der Waals surface area contributed by atoms with Crippen molar-refractivity contribution in [3.8, 4) is 0 Å². The van der Waals surface area contributed by atoms with Crippen LogP contribution in [0.1, 0.15) is 114 Å². The third-order valence-corrected chi connectivity index (χ3v) is 7.62. The Morgan fingerprint density at radius 3 is 1.42 bits per heavy atom. The molecular weight excluding hydrogens is 887 g/mol. The fraction of sp³-hybridized carbons (Fsp3) is 0.571. The molecule has 3 unspecified atom stereocenters. The van der Waals surface area contributed by atoms with Gasteiger partial charge in [-0.3, -0.25) is 13.8 Å². The van der Waals surface area contributed by atoms with E-state index in [0.29, 0.717) is 18.2 Å². The average molecular weight is 947 g/mol. The van der Waals surface area contributed by atoms with Gasteiger partial charge in [-0.1, -0.05) is 7.43 Å². The highest BCUT2D eigenvalue weighted by Gasteiger charge is 2.35. The van der Waals surface area contributed by atoms with Gasteiger partial charge in [-0.2, -0.15) is 8.42 Å². The lowest BCUT2D eigenvalue weighted by atomic mass is 9.88. The molecule has 64 heavy (non-hydrogen) atoms. The Bertz CT molecular complexity index is 2040. The fourth-order valence-electron chi connectivity index (χ4n) is 4.67. The lowest BCUT2D eigenvalue weighted by molar-refractivity contribution is -0.151. The normalized spacial score (nSPS) is 12.7. The molecule has 2 rings (SSSR count). The van der Waals surface area contributed by atoms with Crippen LogP contribution in [0.15, 0.2) is 24.3 Å². The lowest BCUT2D eigenvalue weighted by Gasteiger charge is -2.26. The number of amides is 2. The third-order valence-electron chi connectivity index (χ3n) is 7.06. The van der Waals surface area contributed by atoms with Gasteiger partial charge in [0.15, 0.2) is 29.3 Å². The molecule has 0 aromatic heterocycles. The number of alkyl carbamates (subject to hydrolysis) is 2. The summed E-state index contributed by atoms with van der Waals surface area (Å²) in [5.41, 5.74) is -2.95. The molecule has 2 N–H and O–H groups in total. The minimum absolute atomic E-state index is 0. The van der Waals surface area contributed by atoms with Gasteiger partial charge in [0.2, 0.25) is 0 Å². The van der Waals surface area contributed by atoms with E-state index in [-0.39, 0.29) is 7.43 Å². The minimum atomic E-state index is -3.75. The average Bonchev–Trinajstić information content (AvgIpc) is 3.08. The van der Waals surface area contributed by atoms with Crippen molar-refractivity contribution in [3.63, 3.8) is 0 Å². The Kier molecular flexibility index (Phi) is 25.2. The van der Waals surface area contributed by atoms with Crippen LogP contribution in [0.3, 0.4) is 0 Å². The molecular formula is C42H60F6N2O13S. The van der Waals surface area contributed by atoms with Gasteiger partial charge in [-0.15, -0.1) is 0 Å². The summed E-state index contributed by atoms with van der Waals surface area (Å²) in [6.07, 6.45) is -2.95. The molecule has 15 nitrogen and oxygen atoms in total. The zero-order valence-electron chi connectivity index (χ0n) is 37.3. The molecule has 0 bridgehead atoms. The number of halogens is 6. The Morgan fingerprint density at radius 1 is 0.641 bits per heavy atom. The summed E-state index contributed by atoms with van der Waals surface area (Å²) in [6, 6.07) is 0.0341. The maximum atomic E-state index is 14.2. The summed E-state index contributed by atoms with van der Waals surface area (Å²) < 4.78 is 127. The van der Waals surface area contributed by atoms with Crippen molar-refractivity contribution in [2.75, 3.05) is 12.9 Å². The molecule has 0 saturated heterocycles. The number of ether oxygens (including phenoxy) is 4. The van der Waals surface area contributed by atoms with E-state index >= 15 is 0 Å². The number of rotatable bonds is 15. The van der Waals surface area contributed by atoms with Crippen LogP contribution < -0.4 is 10.6 Å². The van der Waals surface area contributed by atoms with Gasteiger partial charge in [-0.25, -0.2) is 45.5 Å².